The molecule has 1 atom stereocenters. The average molecular weight is 327 g/mol. The van der Waals surface area contributed by atoms with Crippen LogP contribution in [0.3, 0.4) is 0 Å². The summed E-state index contributed by atoms with van der Waals surface area (Å²) in [6.07, 6.45) is 3.95. The molecule has 4 aliphatic heterocycles. The van der Waals surface area contributed by atoms with Gasteiger partial charge >= 0.3 is 0 Å². The molecule has 112 valence electrons. The van der Waals surface area contributed by atoms with Gasteiger partial charge in [0.25, 0.3) is 6.02 Å². The molecule has 4 aliphatic rings. The summed E-state index contributed by atoms with van der Waals surface area (Å²) in [6.45, 7) is 4.04. The SMILES string of the molecule is Clc1cnc(NC2=NCC3(CN4CCC3CC4)O2)c(Cl)c1. The van der Waals surface area contributed by atoms with Gasteiger partial charge in [-0.25, -0.2) is 9.98 Å². The van der Waals surface area contributed by atoms with Crippen molar-refractivity contribution in [1.82, 2.24) is 9.88 Å². The summed E-state index contributed by atoms with van der Waals surface area (Å²) in [5, 5.41) is 4.04. The maximum absolute atomic E-state index is 6.18. The summed E-state index contributed by atoms with van der Waals surface area (Å²) in [5.41, 5.74) is -0.155. The summed E-state index contributed by atoms with van der Waals surface area (Å²) in [5.74, 6) is 1.12. The van der Waals surface area contributed by atoms with Crippen molar-refractivity contribution in [2.45, 2.75) is 18.4 Å². The van der Waals surface area contributed by atoms with Crippen molar-refractivity contribution in [1.29, 1.82) is 0 Å². The number of aromatic nitrogens is 1. The zero-order valence-electron chi connectivity index (χ0n) is 11.5. The molecule has 1 N–H and O–H groups in total. The lowest BCUT2D eigenvalue weighted by molar-refractivity contribution is -0.0829. The number of anilines is 1. The predicted molar refractivity (Wildman–Crippen MR) is 83.2 cm³/mol. The van der Waals surface area contributed by atoms with Crippen LogP contribution in [-0.4, -0.2) is 47.7 Å². The lowest BCUT2D eigenvalue weighted by atomic mass is 9.75. The highest BCUT2D eigenvalue weighted by Gasteiger charge is 2.51. The first-order valence-electron chi connectivity index (χ1n) is 7.18. The number of pyridine rings is 1. The third kappa shape index (κ3) is 2.37. The second-order valence-corrected chi connectivity index (χ2v) is 6.79. The summed E-state index contributed by atoms with van der Waals surface area (Å²) >= 11 is 12.0. The van der Waals surface area contributed by atoms with E-state index in [-0.39, 0.29) is 5.60 Å². The molecule has 0 radical (unpaired) electrons. The Kier molecular flexibility index (Phi) is 3.24. The van der Waals surface area contributed by atoms with Crippen LogP contribution >= 0.6 is 23.2 Å². The van der Waals surface area contributed by atoms with Crippen LogP contribution in [0.2, 0.25) is 10.0 Å². The highest BCUT2D eigenvalue weighted by molar-refractivity contribution is 6.36. The van der Waals surface area contributed by atoms with Crippen LogP contribution in [0.5, 0.6) is 0 Å². The van der Waals surface area contributed by atoms with Crippen LogP contribution < -0.4 is 5.32 Å². The fraction of sp³-hybridized carbons (Fsp3) is 0.571. The van der Waals surface area contributed by atoms with Crippen molar-refractivity contribution in [2.75, 3.05) is 31.5 Å². The van der Waals surface area contributed by atoms with Crippen molar-refractivity contribution in [3.8, 4) is 0 Å². The van der Waals surface area contributed by atoms with Gasteiger partial charge in [-0.3, -0.25) is 10.2 Å². The fourth-order valence-corrected chi connectivity index (χ4v) is 3.98. The van der Waals surface area contributed by atoms with E-state index >= 15 is 0 Å². The second-order valence-electron chi connectivity index (χ2n) is 5.95. The first kappa shape index (κ1) is 13.6. The number of amidine groups is 1. The van der Waals surface area contributed by atoms with Gasteiger partial charge in [0.1, 0.15) is 5.60 Å². The van der Waals surface area contributed by atoms with Gasteiger partial charge < -0.3 is 4.74 Å². The molecule has 5 nitrogen and oxygen atoms in total. The average Bonchev–Trinajstić information content (AvgIpc) is 2.86. The minimum atomic E-state index is -0.155. The van der Waals surface area contributed by atoms with E-state index in [2.05, 4.69) is 20.2 Å². The van der Waals surface area contributed by atoms with E-state index in [0.717, 1.165) is 6.54 Å². The van der Waals surface area contributed by atoms with Crippen LogP contribution in [0.1, 0.15) is 12.8 Å². The van der Waals surface area contributed by atoms with Gasteiger partial charge in [0.15, 0.2) is 5.82 Å². The largest absolute Gasteiger partial charge is 0.455 e. The normalized spacial score (nSPS) is 33.9. The number of nitrogens with zero attached hydrogens (tertiary/aromatic N) is 3. The minimum Gasteiger partial charge on any atom is -0.455 e. The maximum Gasteiger partial charge on any atom is 0.291 e. The topological polar surface area (TPSA) is 49.8 Å². The van der Waals surface area contributed by atoms with E-state index in [1.165, 1.54) is 25.9 Å². The molecule has 1 unspecified atom stereocenters. The molecule has 3 fully saturated rings. The lowest BCUT2D eigenvalue weighted by Crippen LogP contribution is -2.61. The molecular formula is C14H16Cl2N4O. The van der Waals surface area contributed by atoms with E-state index in [9.17, 15) is 0 Å². The molecule has 5 heterocycles. The molecule has 2 bridgehead atoms. The van der Waals surface area contributed by atoms with E-state index in [0.29, 0.717) is 34.3 Å². The third-order valence-corrected chi connectivity index (χ3v) is 5.14. The zero-order chi connectivity index (χ0) is 14.4. The van der Waals surface area contributed by atoms with Crippen molar-refractivity contribution in [2.24, 2.45) is 10.9 Å². The molecule has 0 amide bonds. The smallest absolute Gasteiger partial charge is 0.291 e. The number of hydrogen-bond donors (Lipinski definition) is 1. The minimum absolute atomic E-state index is 0.155. The molecule has 0 aliphatic carbocycles. The molecule has 1 aromatic rings. The van der Waals surface area contributed by atoms with E-state index in [1.54, 1.807) is 12.3 Å². The van der Waals surface area contributed by atoms with Gasteiger partial charge in [0, 0.05) is 18.7 Å². The van der Waals surface area contributed by atoms with Gasteiger partial charge in [-0.15, -0.1) is 0 Å². The molecule has 7 heteroatoms. The Hall–Kier alpha value is -1.04. The molecule has 5 rings (SSSR count). The van der Waals surface area contributed by atoms with E-state index in [4.69, 9.17) is 27.9 Å². The number of aliphatic imine (C=N–C) groups is 1. The standard InChI is InChI=1S/C14H16Cl2N4O/c15-10-5-11(16)12(17-6-10)19-13-18-7-14(21-13)8-20-3-1-9(14)2-4-20/h5-6,9H,1-4,7-8H2,(H,17,18,19). The number of rotatable bonds is 1. The molecular weight excluding hydrogens is 311 g/mol. The number of hydrogen-bond acceptors (Lipinski definition) is 5. The number of piperidine rings is 3. The van der Waals surface area contributed by atoms with Gasteiger partial charge in [-0.2, -0.15) is 0 Å². The second kappa shape index (κ2) is 5.00. The molecule has 1 aromatic heterocycles. The van der Waals surface area contributed by atoms with Gasteiger partial charge in [0.05, 0.1) is 16.6 Å². The van der Waals surface area contributed by atoms with Crippen molar-refractivity contribution < 1.29 is 4.74 Å². The number of nitrogens with one attached hydrogen (secondary N) is 1. The maximum atomic E-state index is 6.18. The molecule has 1 spiro atoms. The Morgan fingerprint density at radius 1 is 1.33 bits per heavy atom. The number of ether oxygens (including phenoxy) is 1. The lowest BCUT2D eigenvalue weighted by Gasteiger charge is -2.50. The van der Waals surface area contributed by atoms with E-state index < -0.39 is 0 Å². The van der Waals surface area contributed by atoms with Crippen LogP contribution in [0.25, 0.3) is 0 Å². The van der Waals surface area contributed by atoms with Crippen molar-refractivity contribution >= 4 is 35.0 Å². The zero-order valence-corrected chi connectivity index (χ0v) is 13.0. The first-order chi connectivity index (χ1) is 10.1. The summed E-state index contributed by atoms with van der Waals surface area (Å²) in [4.78, 5) is 11.2. The van der Waals surface area contributed by atoms with Crippen LogP contribution in [0, 0.1) is 5.92 Å². The molecule has 0 saturated carbocycles. The highest BCUT2D eigenvalue weighted by Crippen LogP contribution is 2.41. The summed E-state index contributed by atoms with van der Waals surface area (Å²) in [6, 6.07) is 2.17. The Labute approximate surface area is 133 Å². The Morgan fingerprint density at radius 3 is 2.81 bits per heavy atom. The first-order valence-corrected chi connectivity index (χ1v) is 7.94. The number of halogens is 2. The summed E-state index contributed by atoms with van der Waals surface area (Å²) < 4.78 is 6.18. The Morgan fingerprint density at radius 2 is 2.14 bits per heavy atom. The van der Waals surface area contributed by atoms with Crippen LogP contribution in [0.15, 0.2) is 17.3 Å². The Balaban J connectivity index is 1.49. The quantitative estimate of drug-likeness (QED) is 0.862. The van der Waals surface area contributed by atoms with Gasteiger partial charge in [-0.1, -0.05) is 23.2 Å². The van der Waals surface area contributed by atoms with Crippen LogP contribution in [-0.2, 0) is 4.74 Å². The third-order valence-electron chi connectivity index (χ3n) is 4.65. The molecule has 21 heavy (non-hydrogen) atoms. The Bertz CT molecular complexity index is 601. The van der Waals surface area contributed by atoms with Gasteiger partial charge in [0.2, 0.25) is 0 Å². The van der Waals surface area contributed by atoms with Gasteiger partial charge in [-0.05, 0) is 32.0 Å². The fourth-order valence-electron chi connectivity index (χ4n) is 3.56. The summed E-state index contributed by atoms with van der Waals surface area (Å²) in [7, 11) is 0. The predicted octanol–water partition coefficient (Wildman–Crippen LogP) is 2.65. The monoisotopic (exact) mass is 326 g/mol. The van der Waals surface area contributed by atoms with Crippen molar-refractivity contribution in [3.05, 3.63) is 22.3 Å². The van der Waals surface area contributed by atoms with Crippen LogP contribution in [0.4, 0.5) is 5.82 Å². The number of fused-ring (bicyclic) bond motifs is 2. The van der Waals surface area contributed by atoms with Crippen molar-refractivity contribution in [3.63, 3.8) is 0 Å². The van der Waals surface area contributed by atoms with E-state index in [1.807, 2.05) is 0 Å². The molecule has 0 aromatic carbocycles. The highest BCUT2D eigenvalue weighted by atomic mass is 35.5. The molecule has 3 saturated heterocycles.